The highest BCUT2D eigenvalue weighted by molar-refractivity contribution is 9.10. The molecule has 2 rings (SSSR count). The number of amides is 1. The number of aromatic carboxylic acids is 1. The van der Waals surface area contributed by atoms with Crippen molar-refractivity contribution in [2.24, 2.45) is 0 Å². The van der Waals surface area contributed by atoms with Gasteiger partial charge in [0.25, 0.3) is 5.91 Å². The molecule has 7 heteroatoms. The van der Waals surface area contributed by atoms with Crippen molar-refractivity contribution in [3.05, 3.63) is 52.4 Å². The van der Waals surface area contributed by atoms with Crippen molar-refractivity contribution in [2.75, 3.05) is 5.32 Å². The Morgan fingerprint density at radius 3 is 2.58 bits per heavy atom. The minimum absolute atomic E-state index is 0.115. The molecule has 19 heavy (non-hydrogen) atoms. The van der Waals surface area contributed by atoms with E-state index in [9.17, 15) is 9.59 Å². The molecule has 0 fully saturated rings. The van der Waals surface area contributed by atoms with Gasteiger partial charge in [0.15, 0.2) is 0 Å². The first-order valence-corrected chi connectivity index (χ1v) is 5.98. The van der Waals surface area contributed by atoms with E-state index in [1.165, 1.54) is 18.3 Å². The van der Waals surface area contributed by atoms with Gasteiger partial charge in [-0.2, -0.15) is 0 Å². The summed E-state index contributed by atoms with van der Waals surface area (Å²) in [5.41, 5.74) is 0.137. The fraction of sp³-hybridized carbons (Fsp3) is 0. The van der Waals surface area contributed by atoms with Crippen molar-refractivity contribution < 1.29 is 14.7 Å². The lowest BCUT2D eigenvalue weighted by molar-refractivity contribution is 0.0690. The summed E-state index contributed by atoms with van der Waals surface area (Å²) < 4.78 is 0.651. The van der Waals surface area contributed by atoms with Gasteiger partial charge in [0.05, 0.1) is 10.0 Å². The number of carboxylic acid groups (broad SMARTS) is 1. The molecule has 96 valence electrons. The van der Waals surface area contributed by atoms with Gasteiger partial charge in [-0.3, -0.25) is 4.79 Å². The van der Waals surface area contributed by atoms with E-state index in [0.29, 0.717) is 10.3 Å². The number of pyridine rings is 2. The number of aromatic nitrogens is 2. The van der Waals surface area contributed by atoms with Crippen molar-refractivity contribution in [3.8, 4) is 0 Å². The minimum atomic E-state index is -1.14. The minimum Gasteiger partial charge on any atom is -0.477 e. The molecule has 2 heterocycles. The Labute approximate surface area is 116 Å². The Bertz CT molecular complexity index is 628. The maximum atomic E-state index is 11.9. The van der Waals surface area contributed by atoms with E-state index in [0.717, 1.165) is 0 Å². The van der Waals surface area contributed by atoms with Crippen LogP contribution in [0.15, 0.2) is 41.1 Å². The van der Waals surface area contributed by atoms with Gasteiger partial charge in [-0.15, -0.1) is 0 Å². The predicted octanol–water partition coefficient (Wildman–Crippen LogP) is 2.19. The lowest BCUT2D eigenvalue weighted by Crippen LogP contribution is -2.14. The van der Waals surface area contributed by atoms with E-state index >= 15 is 0 Å². The number of carboxylic acids is 1. The standard InChI is InChI=1S/C12H8BrN3O3/c13-8-2-1-5-14-10(8)16-11(17)7-3-4-9(12(18)19)15-6-7/h1-6H,(H,18,19)(H,14,16,17). The Kier molecular flexibility index (Phi) is 3.86. The largest absolute Gasteiger partial charge is 0.477 e. The van der Waals surface area contributed by atoms with Gasteiger partial charge in [-0.25, -0.2) is 14.8 Å². The Morgan fingerprint density at radius 2 is 2.00 bits per heavy atom. The normalized spacial score (nSPS) is 9.95. The third kappa shape index (κ3) is 3.14. The van der Waals surface area contributed by atoms with E-state index in [1.54, 1.807) is 18.3 Å². The number of carbonyl (C=O) groups excluding carboxylic acids is 1. The molecule has 0 bridgehead atoms. The van der Waals surface area contributed by atoms with Crippen LogP contribution in [0.5, 0.6) is 0 Å². The summed E-state index contributed by atoms with van der Waals surface area (Å²) in [5, 5.41) is 11.3. The third-order valence-electron chi connectivity index (χ3n) is 2.24. The van der Waals surface area contributed by atoms with Gasteiger partial charge in [0.2, 0.25) is 0 Å². The second-order valence-electron chi connectivity index (χ2n) is 3.53. The Balaban J connectivity index is 2.16. The summed E-state index contributed by atoms with van der Waals surface area (Å²) in [6.45, 7) is 0. The van der Waals surface area contributed by atoms with Gasteiger partial charge in [-0.1, -0.05) is 0 Å². The lowest BCUT2D eigenvalue weighted by atomic mass is 10.2. The van der Waals surface area contributed by atoms with Crippen LogP contribution in [0.25, 0.3) is 0 Å². The molecule has 0 aliphatic heterocycles. The molecule has 0 unspecified atom stereocenters. The van der Waals surface area contributed by atoms with Gasteiger partial charge in [-0.05, 0) is 40.2 Å². The van der Waals surface area contributed by atoms with Crippen LogP contribution in [0.4, 0.5) is 5.82 Å². The van der Waals surface area contributed by atoms with E-state index in [2.05, 4.69) is 31.2 Å². The molecule has 0 saturated carbocycles. The number of hydrogen-bond acceptors (Lipinski definition) is 4. The van der Waals surface area contributed by atoms with Crippen molar-refractivity contribution in [3.63, 3.8) is 0 Å². The molecule has 6 nitrogen and oxygen atoms in total. The van der Waals surface area contributed by atoms with Crippen LogP contribution in [0.3, 0.4) is 0 Å². The molecule has 0 aromatic carbocycles. The highest BCUT2D eigenvalue weighted by Crippen LogP contribution is 2.18. The van der Waals surface area contributed by atoms with Gasteiger partial charge in [0, 0.05) is 12.4 Å². The third-order valence-corrected chi connectivity index (χ3v) is 2.88. The number of anilines is 1. The maximum Gasteiger partial charge on any atom is 0.354 e. The van der Waals surface area contributed by atoms with Gasteiger partial charge < -0.3 is 10.4 Å². The van der Waals surface area contributed by atoms with Crippen LogP contribution < -0.4 is 5.32 Å². The highest BCUT2D eigenvalue weighted by Gasteiger charge is 2.11. The van der Waals surface area contributed by atoms with Crippen molar-refractivity contribution in [2.45, 2.75) is 0 Å². The Hall–Kier alpha value is -2.28. The second kappa shape index (κ2) is 5.57. The van der Waals surface area contributed by atoms with Crippen LogP contribution in [0, 0.1) is 0 Å². The summed E-state index contributed by atoms with van der Waals surface area (Å²) in [4.78, 5) is 30.2. The SMILES string of the molecule is O=C(Nc1ncccc1Br)c1ccc(C(=O)O)nc1. The zero-order valence-corrected chi connectivity index (χ0v) is 11.1. The van der Waals surface area contributed by atoms with Crippen LogP contribution in [0.1, 0.15) is 20.8 Å². The molecule has 2 aromatic rings. The second-order valence-corrected chi connectivity index (χ2v) is 4.38. The molecular formula is C12H8BrN3O3. The fourth-order valence-corrected chi connectivity index (χ4v) is 1.67. The van der Waals surface area contributed by atoms with Crippen LogP contribution in [-0.2, 0) is 0 Å². The van der Waals surface area contributed by atoms with Crippen LogP contribution in [-0.4, -0.2) is 27.0 Å². The van der Waals surface area contributed by atoms with E-state index in [1.807, 2.05) is 0 Å². The predicted molar refractivity (Wildman–Crippen MR) is 71.1 cm³/mol. The maximum absolute atomic E-state index is 11.9. The van der Waals surface area contributed by atoms with Crippen molar-refractivity contribution in [1.29, 1.82) is 0 Å². The number of hydrogen-bond donors (Lipinski definition) is 2. The van der Waals surface area contributed by atoms with E-state index in [-0.39, 0.29) is 11.3 Å². The Morgan fingerprint density at radius 1 is 1.21 bits per heavy atom. The summed E-state index contributed by atoms with van der Waals surface area (Å²) in [6.07, 6.45) is 2.75. The van der Waals surface area contributed by atoms with Crippen molar-refractivity contribution >= 4 is 33.6 Å². The molecule has 2 aromatic heterocycles. The van der Waals surface area contributed by atoms with E-state index < -0.39 is 11.9 Å². The average Bonchev–Trinajstić information content (AvgIpc) is 2.41. The zero-order valence-electron chi connectivity index (χ0n) is 9.50. The molecule has 0 aliphatic rings. The van der Waals surface area contributed by atoms with Gasteiger partial charge in [0.1, 0.15) is 11.5 Å². The molecular weight excluding hydrogens is 314 g/mol. The van der Waals surface area contributed by atoms with Crippen molar-refractivity contribution in [1.82, 2.24) is 9.97 Å². The lowest BCUT2D eigenvalue weighted by Gasteiger charge is -2.05. The highest BCUT2D eigenvalue weighted by atomic mass is 79.9. The quantitative estimate of drug-likeness (QED) is 0.904. The smallest absolute Gasteiger partial charge is 0.354 e. The number of carbonyl (C=O) groups is 2. The average molecular weight is 322 g/mol. The van der Waals surface area contributed by atoms with Crippen LogP contribution in [0.2, 0.25) is 0 Å². The molecule has 0 aliphatic carbocycles. The fourth-order valence-electron chi connectivity index (χ4n) is 1.31. The summed E-state index contributed by atoms with van der Waals surface area (Å²) >= 11 is 3.26. The summed E-state index contributed by atoms with van der Waals surface area (Å²) in [5.74, 6) is -1.17. The molecule has 2 N–H and O–H groups in total. The molecule has 0 radical (unpaired) electrons. The molecule has 0 atom stereocenters. The van der Waals surface area contributed by atoms with E-state index in [4.69, 9.17) is 5.11 Å². The number of nitrogens with one attached hydrogen (secondary N) is 1. The first-order chi connectivity index (χ1) is 9.08. The van der Waals surface area contributed by atoms with Gasteiger partial charge >= 0.3 is 5.97 Å². The number of rotatable bonds is 3. The first-order valence-electron chi connectivity index (χ1n) is 5.19. The number of nitrogens with zero attached hydrogens (tertiary/aromatic N) is 2. The number of halogens is 1. The molecule has 1 amide bonds. The zero-order chi connectivity index (χ0) is 13.8. The first kappa shape index (κ1) is 13.2. The summed E-state index contributed by atoms with van der Waals surface area (Å²) in [7, 11) is 0. The van der Waals surface area contributed by atoms with Crippen LogP contribution >= 0.6 is 15.9 Å². The molecule has 0 spiro atoms. The monoisotopic (exact) mass is 321 g/mol. The topological polar surface area (TPSA) is 92.2 Å². The summed E-state index contributed by atoms with van der Waals surface area (Å²) in [6, 6.07) is 6.13. The molecule has 0 saturated heterocycles.